The number of carbonyl (C=O) groups excluding carboxylic acids is 6. The van der Waals surface area contributed by atoms with Crippen molar-refractivity contribution in [2.24, 2.45) is 5.92 Å². The predicted octanol–water partition coefficient (Wildman–Crippen LogP) is 4.54. The molecule has 360 valence electrons. The van der Waals surface area contributed by atoms with E-state index in [2.05, 4.69) is 33.3 Å². The fourth-order valence-electron chi connectivity index (χ4n) is 4.05. The number of hydrogen-bond donors (Lipinski definition) is 8. The summed E-state index contributed by atoms with van der Waals surface area (Å²) in [6.07, 6.45) is -3.82. The Labute approximate surface area is 373 Å². The van der Waals surface area contributed by atoms with Crippen LogP contribution in [0.2, 0.25) is 0 Å². The van der Waals surface area contributed by atoms with Crippen molar-refractivity contribution in [2.75, 3.05) is 0 Å². The van der Waals surface area contributed by atoms with E-state index in [4.69, 9.17) is 39.4 Å². The first kappa shape index (κ1) is 61.8. The number of nitrogens with one attached hydrogen (secondary N) is 3. The summed E-state index contributed by atoms with van der Waals surface area (Å²) in [5.74, 6) is -5.68. The summed E-state index contributed by atoms with van der Waals surface area (Å²) >= 11 is 4.83. The van der Waals surface area contributed by atoms with Crippen LogP contribution in [0.5, 0.6) is 0 Å². The average molecular weight is 932 g/mol. The molecule has 1 fully saturated rings. The molecule has 62 heavy (non-hydrogen) atoms. The second kappa shape index (κ2) is 26.8. The number of carboxylic acids is 3. The lowest BCUT2D eigenvalue weighted by Crippen LogP contribution is -2.59. The number of hydrogen-bond acceptors (Lipinski definition) is 17. The molecule has 8 atom stereocenters. The van der Waals surface area contributed by atoms with Crippen LogP contribution in [0, 0.1) is 5.92 Å². The van der Waals surface area contributed by atoms with Gasteiger partial charge in [-0.05, 0) is 96.9 Å². The van der Waals surface area contributed by atoms with Gasteiger partial charge in [-0.25, -0.2) is 28.8 Å². The first-order valence-electron chi connectivity index (χ1n) is 19.2. The Bertz CT molecular complexity index is 1480. The van der Waals surface area contributed by atoms with Crippen LogP contribution in [0.25, 0.3) is 0 Å². The van der Waals surface area contributed by atoms with Gasteiger partial charge in [-0.2, -0.15) is 12.6 Å². The molecule has 1 heterocycles. The Hall–Kier alpha value is -4.51. The summed E-state index contributed by atoms with van der Waals surface area (Å²) in [6, 6.07) is -2.79. The van der Waals surface area contributed by atoms with Crippen LogP contribution in [0.15, 0.2) is 0 Å². The van der Waals surface area contributed by atoms with Crippen molar-refractivity contribution in [3.8, 4) is 0 Å². The Morgan fingerprint density at radius 3 is 1.32 bits per heavy atom. The lowest BCUT2D eigenvalue weighted by Gasteiger charge is -2.33. The van der Waals surface area contributed by atoms with Crippen molar-refractivity contribution >= 4 is 77.6 Å². The molecular formula is C39H69N3O18S2. The van der Waals surface area contributed by atoms with Crippen molar-refractivity contribution in [3.05, 3.63) is 0 Å². The summed E-state index contributed by atoms with van der Waals surface area (Å²) in [4.78, 5) is 99.4. The first-order valence-corrected chi connectivity index (χ1v) is 20.6. The van der Waals surface area contributed by atoms with Crippen LogP contribution in [0.3, 0.4) is 0 Å². The Morgan fingerprint density at radius 2 is 1.05 bits per heavy atom. The third-order valence-electron chi connectivity index (χ3n) is 6.58. The minimum absolute atomic E-state index is 0.209. The van der Waals surface area contributed by atoms with Crippen molar-refractivity contribution < 1.29 is 87.3 Å². The standard InChI is InChI=1S/C11H19NO5S.C10H18O5.C9H17NO4S.C9H15NO4/c1-6(18-7(2)13)8(9(14)15)12-10(16)17-11(3,4)5;1-6(11)7(9(13)14)5-8(12)15-10(2,3)4;1-5(15)6(7(11)12)10-8(13)14-9(2,3)4;1-5-6(7(11)13-5)10-8(12)14-9(2,3)4/h6,8H,1-5H3,(H,12,16)(H,14,15);6-7,11H,5H2,1-4H3,(H,13,14);5-6,15H,1-4H3,(H,10,13)(H,11,12);5-6H,1-4H3,(H,10,12)/t6-,8+;6-,7+;5-,6+;5-,6-/m1110/s1. The molecule has 23 heteroatoms. The molecule has 1 saturated heterocycles. The molecular weight excluding hydrogens is 863 g/mol. The summed E-state index contributed by atoms with van der Waals surface area (Å²) in [5, 5.41) is 41.3. The number of amides is 3. The third kappa shape index (κ3) is 32.2. The van der Waals surface area contributed by atoms with Gasteiger partial charge >= 0.3 is 48.1 Å². The van der Waals surface area contributed by atoms with Crippen LogP contribution in [-0.2, 0) is 52.5 Å². The third-order valence-corrected chi connectivity index (χ3v) is 7.86. The van der Waals surface area contributed by atoms with Crippen molar-refractivity contribution in [1.82, 2.24) is 16.0 Å². The van der Waals surface area contributed by atoms with E-state index < -0.39 is 111 Å². The zero-order valence-corrected chi connectivity index (χ0v) is 40.4. The molecule has 1 aliphatic heterocycles. The highest BCUT2D eigenvalue weighted by molar-refractivity contribution is 8.14. The van der Waals surface area contributed by atoms with E-state index in [1.54, 1.807) is 104 Å². The number of ether oxygens (including phenoxy) is 5. The van der Waals surface area contributed by atoms with Gasteiger partial charge in [0, 0.05) is 17.4 Å². The Balaban J connectivity index is -0.000000752. The summed E-state index contributed by atoms with van der Waals surface area (Å²) in [5.41, 5.74) is -2.54. The molecule has 7 N–H and O–H groups in total. The second-order valence-corrected chi connectivity index (χ2v) is 20.1. The summed E-state index contributed by atoms with van der Waals surface area (Å²) < 4.78 is 24.5. The van der Waals surface area contributed by atoms with Gasteiger partial charge in [0.2, 0.25) is 0 Å². The lowest BCUT2D eigenvalue weighted by molar-refractivity contribution is -0.174. The van der Waals surface area contributed by atoms with Gasteiger partial charge in [0.15, 0.2) is 11.2 Å². The number of cyclic esters (lactones) is 1. The van der Waals surface area contributed by atoms with Crippen molar-refractivity contribution in [2.45, 2.75) is 187 Å². The zero-order chi connectivity index (χ0) is 49.9. The maximum atomic E-state index is 11.5. The molecule has 0 spiro atoms. The molecule has 0 aromatic heterocycles. The highest BCUT2D eigenvalue weighted by Gasteiger charge is 2.41. The van der Waals surface area contributed by atoms with Crippen LogP contribution in [-0.4, -0.2) is 137 Å². The number of aliphatic hydroxyl groups excluding tert-OH is 1. The Morgan fingerprint density at radius 1 is 0.677 bits per heavy atom. The number of aliphatic hydroxyl groups is 1. The summed E-state index contributed by atoms with van der Waals surface area (Å²) in [7, 11) is 0. The molecule has 1 rings (SSSR count). The maximum Gasteiger partial charge on any atom is 0.408 e. The number of esters is 2. The second-order valence-electron chi connectivity index (χ2n) is 17.7. The number of thioether (sulfide) groups is 1. The topological polar surface area (TPSA) is 317 Å². The minimum Gasteiger partial charge on any atom is -0.481 e. The van der Waals surface area contributed by atoms with Crippen molar-refractivity contribution in [3.63, 3.8) is 0 Å². The highest BCUT2D eigenvalue weighted by atomic mass is 32.2. The van der Waals surface area contributed by atoms with E-state index in [1.807, 2.05) is 0 Å². The molecule has 0 aromatic carbocycles. The zero-order valence-electron chi connectivity index (χ0n) is 38.7. The van der Waals surface area contributed by atoms with Crippen LogP contribution < -0.4 is 16.0 Å². The van der Waals surface area contributed by atoms with Gasteiger partial charge in [-0.1, -0.05) is 25.6 Å². The van der Waals surface area contributed by atoms with Gasteiger partial charge in [-0.15, -0.1) is 0 Å². The van der Waals surface area contributed by atoms with Crippen molar-refractivity contribution in [1.29, 1.82) is 0 Å². The van der Waals surface area contributed by atoms with Gasteiger partial charge in [0.05, 0.1) is 18.4 Å². The molecule has 21 nitrogen and oxygen atoms in total. The maximum absolute atomic E-state index is 11.5. The van der Waals surface area contributed by atoms with Crippen LogP contribution in [0.4, 0.5) is 14.4 Å². The highest BCUT2D eigenvalue weighted by Crippen LogP contribution is 2.18. The van der Waals surface area contributed by atoms with Crippen LogP contribution >= 0.6 is 24.4 Å². The fraction of sp³-hybridized carbons (Fsp3) is 0.769. The van der Waals surface area contributed by atoms with E-state index in [0.717, 1.165) is 11.8 Å². The summed E-state index contributed by atoms with van der Waals surface area (Å²) in [6.45, 7) is 28.0. The SMILES string of the molecule is CC(=O)S[C@H](C)[C@H](NC(=O)OC(C)(C)C)C(=O)O.C[C@@H](O)[C@H](CC(=O)OC(C)(C)C)C(=O)O.C[C@@H](S)[C@H](NC(=O)OC(C)(C)C)C(=O)O.C[C@@H]1OC(=O)[C@H]1NC(=O)OC(C)(C)C. The van der Waals surface area contributed by atoms with E-state index in [-0.39, 0.29) is 17.6 Å². The number of carbonyl (C=O) groups is 9. The number of thiol groups is 1. The van der Waals surface area contributed by atoms with Gasteiger partial charge in [0.25, 0.3) is 0 Å². The Kier molecular flexibility index (Phi) is 26.8. The average Bonchev–Trinajstić information content (AvgIpc) is 3.00. The van der Waals surface area contributed by atoms with E-state index in [9.17, 15) is 43.2 Å². The first-order chi connectivity index (χ1) is 27.6. The molecule has 0 aliphatic carbocycles. The van der Waals surface area contributed by atoms with Gasteiger partial charge < -0.3 is 60.1 Å². The molecule has 0 unspecified atom stereocenters. The van der Waals surface area contributed by atoms with E-state index in [0.29, 0.717) is 0 Å². The molecule has 1 aliphatic rings. The molecule has 0 saturated carbocycles. The largest absolute Gasteiger partial charge is 0.481 e. The van der Waals surface area contributed by atoms with Gasteiger partial charge in [0.1, 0.15) is 40.6 Å². The number of carboxylic acid groups (broad SMARTS) is 3. The van der Waals surface area contributed by atoms with E-state index >= 15 is 0 Å². The lowest BCUT2D eigenvalue weighted by atomic mass is 10.00. The quantitative estimate of drug-likeness (QED) is 0.0756. The van der Waals surface area contributed by atoms with Crippen LogP contribution in [0.1, 0.15) is 124 Å². The molecule has 0 aromatic rings. The monoisotopic (exact) mass is 931 g/mol. The van der Waals surface area contributed by atoms with E-state index in [1.165, 1.54) is 13.8 Å². The smallest absolute Gasteiger partial charge is 0.408 e. The minimum atomic E-state index is -1.21. The number of aliphatic carboxylic acids is 3. The predicted molar refractivity (Wildman–Crippen MR) is 230 cm³/mol. The van der Waals surface area contributed by atoms with Gasteiger partial charge in [-0.3, -0.25) is 14.4 Å². The normalized spacial score (nSPS) is 17.6. The molecule has 3 amide bonds. The number of alkyl carbamates (subject to hydrolysis) is 3. The number of rotatable bonds is 12. The molecule has 0 radical (unpaired) electrons. The fourth-order valence-corrected chi connectivity index (χ4v) is 5.10. The molecule has 0 bridgehead atoms.